The Hall–Kier alpha value is -1.95. The maximum absolute atomic E-state index is 13.3. The summed E-state index contributed by atoms with van der Waals surface area (Å²) < 4.78 is 14.1. The number of imidazole rings is 1. The number of aromatic amines is 1. The third-order valence-corrected chi connectivity index (χ3v) is 3.48. The summed E-state index contributed by atoms with van der Waals surface area (Å²) >= 11 is 3.39. The third kappa shape index (κ3) is 2.19. The van der Waals surface area contributed by atoms with Gasteiger partial charge in [0.05, 0.1) is 5.52 Å². The van der Waals surface area contributed by atoms with Crippen LogP contribution in [-0.2, 0) is 0 Å². The SMILES string of the molecule is CNc1ccc2[nH]c(-c3cc(F)ccc3Br)nc2n1. The molecule has 0 aliphatic rings. The topological polar surface area (TPSA) is 53.6 Å². The van der Waals surface area contributed by atoms with E-state index in [0.29, 0.717) is 17.0 Å². The molecule has 96 valence electrons. The van der Waals surface area contributed by atoms with Crippen molar-refractivity contribution in [2.45, 2.75) is 0 Å². The lowest BCUT2D eigenvalue weighted by molar-refractivity contribution is 0.628. The van der Waals surface area contributed by atoms with E-state index >= 15 is 0 Å². The van der Waals surface area contributed by atoms with E-state index in [4.69, 9.17) is 0 Å². The monoisotopic (exact) mass is 320 g/mol. The summed E-state index contributed by atoms with van der Waals surface area (Å²) in [6.45, 7) is 0. The van der Waals surface area contributed by atoms with Crippen LogP contribution in [0.4, 0.5) is 10.2 Å². The van der Waals surface area contributed by atoms with Gasteiger partial charge < -0.3 is 10.3 Å². The summed E-state index contributed by atoms with van der Waals surface area (Å²) in [4.78, 5) is 11.9. The predicted octanol–water partition coefficient (Wildman–Crippen LogP) is 3.57. The molecule has 0 bridgehead atoms. The second-order valence-electron chi connectivity index (χ2n) is 4.03. The first kappa shape index (κ1) is 12.1. The molecule has 0 radical (unpaired) electrons. The van der Waals surface area contributed by atoms with Crippen LogP contribution in [0.25, 0.3) is 22.6 Å². The molecule has 0 amide bonds. The fourth-order valence-electron chi connectivity index (χ4n) is 1.84. The molecule has 0 spiro atoms. The highest BCUT2D eigenvalue weighted by atomic mass is 79.9. The molecule has 1 aromatic carbocycles. The number of nitrogens with zero attached hydrogens (tertiary/aromatic N) is 2. The predicted molar refractivity (Wildman–Crippen MR) is 76.5 cm³/mol. The summed E-state index contributed by atoms with van der Waals surface area (Å²) in [5.41, 5.74) is 2.08. The van der Waals surface area contributed by atoms with Gasteiger partial charge in [0.15, 0.2) is 5.65 Å². The number of halogens is 2. The summed E-state index contributed by atoms with van der Waals surface area (Å²) in [6, 6.07) is 8.22. The molecule has 0 unspecified atom stereocenters. The zero-order valence-corrected chi connectivity index (χ0v) is 11.6. The Labute approximate surface area is 117 Å². The van der Waals surface area contributed by atoms with Crippen molar-refractivity contribution in [2.24, 2.45) is 0 Å². The van der Waals surface area contributed by atoms with Gasteiger partial charge in [-0.25, -0.2) is 14.4 Å². The molecule has 6 heteroatoms. The third-order valence-electron chi connectivity index (χ3n) is 2.79. The van der Waals surface area contributed by atoms with Crippen molar-refractivity contribution in [3.05, 3.63) is 40.6 Å². The minimum Gasteiger partial charge on any atom is -0.373 e. The second kappa shape index (κ2) is 4.62. The highest BCUT2D eigenvalue weighted by molar-refractivity contribution is 9.10. The van der Waals surface area contributed by atoms with Gasteiger partial charge in [-0.15, -0.1) is 0 Å². The smallest absolute Gasteiger partial charge is 0.180 e. The van der Waals surface area contributed by atoms with Gasteiger partial charge >= 0.3 is 0 Å². The molecular formula is C13H10BrFN4. The van der Waals surface area contributed by atoms with E-state index in [1.807, 2.05) is 12.1 Å². The Kier molecular flexibility index (Phi) is 2.94. The lowest BCUT2D eigenvalue weighted by atomic mass is 10.2. The lowest BCUT2D eigenvalue weighted by Crippen LogP contribution is -1.91. The van der Waals surface area contributed by atoms with E-state index in [1.54, 1.807) is 13.1 Å². The largest absolute Gasteiger partial charge is 0.373 e. The summed E-state index contributed by atoms with van der Waals surface area (Å²) in [5, 5.41) is 2.95. The van der Waals surface area contributed by atoms with Crippen LogP contribution >= 0.6 is 15.9 Å². The van der Waals surface area contributed by atoms with E-state index in [9.17, 15) is 4.39 Å². The van der Waals surface area contributed by atoms with Gasteiger partial charge in [-0.2, -0.15) is 0 Å². The van der Waals surface area contributed by atoms with Gasteiger partial charge in [0.2, 0.25) is 0 Å². The van der Waals surface area contributed by atoms with Crippen LogP contribution in [-0.4, -0.2) is 22.0 Å². The van der Waals surface area contributed by atoms with Crippen LogP contribution in [0, 0.1) is 5.82 Å². The van der Waals surface area contributed by atoms with Crippen LogP contribution in [0.3, 0.4) is 0 Å². The fraction of sp³-hybridized carbons (Fsp3) is 0.0769. The van der Waals surface area contributed by atoms with Crippen LogP contribution < -0.4 is 5.32 Å². The standard InChI is InChI=1S/C13H10BrFN4/c1-16-11-5-4-10-13(18-11)19-12(17-10)8-6-7(15)2-3-9(8)14/h2-6H,1H3,(H2,16,17,18,19). The molecule has 0 saturated carbocycles. The summed E-state index contributed by atoms with van der Waals surface area (Å²) in [6.07, 6.45) is 0. The van der Waals surface area contributed by atoms with E-state index in [1.165, 1.54) is 12.1 Å². The zero-order chi connectivity index (χ0) is 13.4. The molecule has 0 fully saturated rings. The Morgan fingerprint density at radius 3 is 2.84 bits per heavy atom. The first-order valence-electron chi connectivity index (χ1n) is 5.67. The van der Waals surface area contributed by atoms with Gasteiger partial charge in [0.25, 0.3) is 0 Å². The van der Waals surface area contributed by atoms with Gasteiger partial charge in [-0.05, 0) is 30.3 Å². The maximum Gasteiger partial charge on any atom is 0.180 e. The number of hydrogen-bond donors (Lipinski definition) is 2. The lowest BCUT2D eigenvalue weighted by Gasteiger charge is -2.00. The van der Waals surface area contributed by atoms with Gasteiger partial charge in [0.1, 0.15) is 17.5 Å². The Morgan fingerprint density at radius 2 is 2.05 bits per heavy atom. The molecule has 2 heterocycles. The number of pyridine rings is 1. The van der Waals surface area contributed by atoms with Gasteiger partial charge in [0, 0.05) is 17.1 Å². The Balaban J connectivity index is 2.17. The molecule has 3 aromatic rings. The number of anilines is 1. The van der Waals surface area contributed by atoms with Crippen molar-refractivity contribution in [2.75, 3.05) is 12.4 Å². The zero-order valence-electron chi connectivity index (χ0n) is 10.0. The summed E-state index contributed by atoms with van der Waals surface area (Å²) in [7, 11) is 1.80. The quantitative estimate of drug-likeness (QED) is 0.759. The van der Waals surface area contributed by atoms with Crippen LogP contribution in [0.2, 0.25) is 0 Å². The average Bonchev–Trinajstić information content (AvgIpc) is 2.83. The van der Waals surface area contributed by atoms with Gasteiger partial charge in [-0.3, -0.25) is 0 Å². The van der Waals surface area contributed by atoms with Crippen molar-refractivity contribution in [1.82, 2.24) is 15.0 Å². The molecule has 2 aromatic heterocycles. The van der Waals surface area contributed by atoms with Crippen molar-refractivity contribution in [3.63, 3.8) is 0 Å². The minimum atomic E-state index is -0.303. The molecule has 0 saturated heterocycles. The number of fused-ring (bicyclic) bond motifs is 1. The number of rotatable bonds is 2. The van der Waals surface area contributed by atoms with Crippen molar-refractivity contribution in [1.29, 1.82) is 0 Å². The van der Waals surface area contributed by atoms with Crippen LogP contribution in [0.1, 0.15) is 0 Å². The number of benzene rings is 1. The highest BCUT2D eigenvalue weighted by Gasteiger charge is 2.10. The first-order valence-corrected chi connectivity index (χ1v) is 6.46. The normalized spacial score (nSPS) is 10.9. The van der Waals surface area contributed by atoms with E-state index in [0.717, 1.165) is 15.8 Å². The molecule has 4 nitrogen and oxygen atoms in total. The van der Waals surface area contributed by atoms with Crippen molar-refractivity contribution in [3.8, 4) is 11.4 Å². The molecule has 2 N–H and O–H groups in total. The fourth-order valence-corrected chi connectivity index (χ4v) is 2.27. The average molecular weight is 321 g/mol. The molecule has 3 rings (SSSR count). The summed E-state index contributed by atoms with van der Waals surface area (Å²) in [5.74, 6) is 1.02. The molecule has 0 atom stereocenters. The number of H-pyrrole nitrogens is 1. The number of hydrogen-bond acceptors (Lipinski definition) is 3. The van der Waals surface area contributed by atoms with Crippen LogP contribution in [0.15, 0.2) is 34.8 Å². The van der Waals surface area contributed by atoms with E-state index < -0.39 is 0 Å². The van der Waals surface area contributed by atoms with E-state index in [-0.39, 0.29) is 5.82 Å². The Morgan fingerprint density at radius 1 is 1.21 bits per heavy atom. The highest BCUT2D eigenvalue weighted by Crippen LogP contribution is 2.28. The Bertz CT molecular complexity index is 753. The molecule has 19 heavy (non-hydrogen) atoms. The number of nitrogens with one attached hydrogen (secondary N) is 2. The van der Waals surface area contributed by atoms with Crippen molar-refractivity contribution >= 4 is 32.9 Å². The second-order valence-corrected chi connectivity index (χ2v) is 4.88. The molecular weight excluding hydrogens is 311 g/mol. The maximum atomic E-state index is 13.3. The van der Waals surface area contributed by atoms with Gasteiger partial charge in [-0.1, -0.05) is 15.9 Å². The molecule has 0 aliphatic heterocycles. The first-order chi connectivity index (χ1) is 9.17. The van der Waals surface area contributed by atoms with Crippen molar-refractivity contribution < 1.29 is 4.39 Å². The minimum absolute atomic E-state index is 0.303. The number of aromatic nitrogens is 3. The van der Waals surface area contributed by atoms with E-state index in [2.05, 4.69) is 36.2 Å². The molecule has 0 aliphatic carbocycles. The van der Waals surface area contributed by atoms with Crippen LogP contribution in [0.5, 0.6) is 0 Å².